The Morgan fingerprint density at radius 3 is 2.37 bits per heavy atom. The van der Waals surface area contributed by atoms with Crippen LogP contribution in [-0.4, -0.2) is 24.2 Å². The summed E-state index contributed by atoms with van der Waals surface area (Å²) < 4.78 is 38.8. The van der Waals surface area contributed by atoms with Crippen molar-refractivity contribution < 1.29 is 23.1 Å². The lowest BCUT2D eigenvalue weighted by atomic mass is 9.83. The Bertz CT molecular complexity index is 869. The van der Waals surface area contributed by atoms with E-state index in [1.807, 2.05) is 32.0 Å². The quantitative estimate of drug-likeness (QED) is 0.599. The molecule has 2 atom stereocenters. The fraction of sp³-hybridized carbons (Fsp3) is 0.458. The summed E-state index contributed by atoms with van der Waals surface area (Å²) in [6.07, 6.45) is -1.83. The van der Waals surface area contributed by atoms with Gasteiger partial charge in [-0.15, -0.1) is 0 Å². The summed E-state index contributed by atoms with van der Waals surface area (Å²) in [6.45, 7) is 5.76. The van der Waals surface area contributed by atoms with Gasteiger partial charge in [0.25, 0.3) is 0 Å². The van der Waals surface area contributed by atoms with Gasteiger partial charge in [-0.25, -0.2) is 0 Å². The van der Waals surface area contributed by atoms with Gasteiger partial charge >= 0.3 is 12.1 Å². The van der Waals surface area contributed by atoms with E-state index in [2.05, 4.69) is 5.32 Å². The van der Waals surface area contributed by atoms with Crippen LogP contribution in [0.1, 0.15) is 61.6 Å². The Labute approximate surface area is 175 Å². The second kappa shape index (κ2) is 9.21. The van der Waals surface area contributed by atoms with Gasteiger partial charge in [-0.3, -0.25) is 4.79 Å². The summed E-state index contributed by atoms with van der Waals surface area (Å²) in [7, 11) is 0. The summed E-state index contributed by atoms with van der Waals surface area (Å²) in [5.41, 5.74) is 2.49. The van der Waals surface area contributed by atoms with E-state index in [0.29, 0.717) is 17.5 Å². The molecule has 2 N–H and O–H groups in total. The van der Waals surface area contributed by atoms with Crippen LogP contribution in [0.3, 0.4) is 0 Å². The highest BCUT2D eigenvalue weighted by Gasteiger charge is 2.30. The number of benzene rings is 2. The molecule has 1 aliphatic rings. The van der Waals surface area contributed by atoms with Gasteiger partial charge in [0.15, 0.2) is 0 Å². The Hall–Kier alpha value is -2.34. The van der Waals surface area contributed by atoms with Gasteiger partial charge in [-0.05, 0) is 72.0 Å². The third-order valence-electron chi connectivity index (χ3n) is 5.70. The monoisotopic (exact) mass is 419 g/mol. The van der Waals surface area contributed by atoms with E-state index < -0.39 is 23.6 Å². The number of carboxylic acids is 1. The highest BCUT2D eigenvalue weighted by Crippen LogP contribution is 2.35. The van der Waals surface area contributed by atoms with Crippen LogP contribution in [0.15, 0.2) is 42.5 Å². The maximum Gasteiger partial charge on any atom is 0.416 e. The summed E-state index contributed by atoms with van der Waals surface area (Å²) in [6, 6.07) is 10.9. The normalized spacial score (nSPS) is 18.4. The second-order valence-corrected chi connectivity index (χ2v) is 8.53. The van der Waals surface area contributed by atoms with Crippen LogP contribution in [0.4, 0.5) is 13.2 Å². The van der Waals surface area contributed by atoms with Crippen LogP contribution in [0, 0.1) is 5.92 Å². The minimum atomic E-state index is -4.38. The van der Waals surface area contributed by atoms with Gasteiger partial charge in [-0.2, -0.15) is 13.2 Å². The molecule has 1 aliphatic heterocycles. The van der Waals surface area contributed by atoms with Crippen molar-refractivity contribution in [3.63, 3.8) is 0 Å². The first-order valence-electron chi connectivity index (χ1n) is 10.4. The minimum Gasteiger partial charge on any atom is -0.481 e. The van der Waals surface area contributed by atoms with Gasteiger partial charge in [0.2, 0.25) is 0 Å². The van der Waals surface area contributed by atoms with Crippen LogP contribution in [0.25, 0.3) is 11.1 Å². The summed E-state index contributed by atoms with van der Waals surface area (Å²) in [4.78, 5) is 12.0. The van der Waals surface area contributed by atoms with Crippen molar-refractivity contribution in [1.82, 2.24) is 5.32 Å². The highest BCUT2D eigenvalue weighted by molar-refractivity contribution is 5.77. The van der Waals surface area contributed by atoms with Crippen LogP contribution in [0.5, 0.6) is 0 Å². The van der Waals surface area contributed by atoms with Crippen molar-refractivity contribution >= 4 is 5.97 Å². The summed E-state index contributed by atoms with van der Waals surface area (Å²) in [5, 5.41) is 13.2. The molecule has 2 aromatic carbocycles. The Balaban J connectivity index is 2.06. The van der Waals surface area contributed by atoms with Gasteiger partial charge in [0.05, 0.1) is 11.5 Å². The van der Waals surface area contributed by atoms with Crippen LogP contribution in [-0.2, 0) is 11.0 Å². The lowest BCUT2D eigenvalue weighted by molar-refractivity contribution is -0.139. The van der Waals surface area contributed by atoms with E-state index in [1.165, 1.54) is 12.1 Å². The fourth-order valence-electron chi connectivity index (χ4n) is 4.12. The number of hydrogen-bond donors (Lipinski definition) is 2. The number of rotatable bonds is 6. The minimum absolute atomic E-state index is 0.209. The third kappa shape index (κ3) is 5.42. The van der Waals surface area contributed by atoms with Crippen molar-refractivity contribution in [3.8, 4) is 11.1 Å². The van der Waals surface area contributed by atoms with E-state index in [9.17, 15) is 23.1 Å². The Morgan fingerprint density at radius 2 is 1.83 bits per heavy atom. The zero-order chi connectivity index (χ0) is 21.9. The zero-order valence-corrected chi connectivity index (χ0v) is 17.3. The molecule has 2 aromatic rings. The van der Waals surface area contributed by atoms with Crippen molar-refractivity contribution in [1.29, 1.82) is 0 Å². The maximum absolute atomic E-state index is 12.9. The van der Waals surface area contributed by atoms with E-state index >= 15 is 0 Å². The average Bonchev–Trinajstić information content (AvgIpc) is 2.71. The van der Waals surface area contributed by atoms with Crippen LogP contribution in [0.2, 0.25) is 0 Å². The van der Waals surface area contributed by atoms with Crippen molar-refractivity contribution in [2.45, 2.75) is 51.1 Å². The number of nitrogens with one attached hydrogen (secondary N) is 1. The summed E-state index contributed by atoms with van der Waals surface area (Å²) >= 11 is 0. The highest BCUT2D eigenvalue weighted by atomic mass is 19.4. The standard InChI is InChI=1S/C24H28F3NO2/c1-15(2)10-22(23(29)30)20-12-18(11-19(13-20)17-4-3-9-28-14-17)16-5-7-21(8-6-16)24(25,26)27/h5-8,11-13,15,17,22,28H,3-4,9-10,14H2,1-2H3,(H,29,30)/t17?,22-/m1/s1. The predicted molar refractivity (Wildman–Crippen MR) is 112 cm³/mol. The van der Waals surface area contributed by atoms with E-state index in [4.69, 9.17) is 0 Å². The van der Waals surface area contributed by atoms with E-state index in [1.54, 1.807) is 0 Å². The molecule has 1 heterocycles. The number of piperidine rings is 1. The first-order chi connectivity index (χ1) is 14.1. The second-order valence-electron chi connectivity index (χ2n) is 8.53. The molecule has 3 rings (SSSR count). The van der Waals surface area contributed by atoms with E-state index in [0.717, 1.165) is 49.2 Å². The maximum atomic E-state index is 12.9. The first-order valence-corrected chi connectivity index (χ1v) is 10.4. The smallest absolute Gasteiger partial charge is 0.416 e. The largest absolute Gasteiger partial charge is 0.481 e. The van der Waals surface area contributed by atoms with E-state index in [-0.39, 0.29) is 11.8 Å². The number of carboxylic acid groups (broad SMARTS) is 1. The molecule has 0 aromatic heterocycles. The van der Waals surface area contributed by atoms with Crippen LogP contribution >= 0.6 is 0 Å². The van der Waals surface area contributed by atoms with Crippen molar-refractivity contribution in [3.05, 3.63) is 59.2 Å². The Morgan fingerprint density at radius 1 is 1.13 bits per heavy atom. The number of carbonyl (C=O) groups is 1. The molecule has 0 radical (unpaired) electrons. The molecule has 1 fully saturated rings. The molecule has 0 bridgehead atoms. The molecule has 1 saturated heterocycles. The van der Waals surface area contributed by atoms with Gasteiger partial charge in [0.1, 0.15) is 0 Å². The number of alkyl halides is 3. The average molecular weight is 419 g/mol. The number of halogens is 3. The molecule has 0 aliphatic carbocycles. The lowest BCUT2D eigenvalue weighted by Crippen LogP contribution is -2.28. The SMILES string of the molecule is CC(C)C[C@@H](C(=O)O)c1cc(-c2ccc(C(F)(F)F)cc2)cc(C2CCCNC2)c1. The molecule has 6 heteroatoms. The predicted octanol–water partition coefficient (Wildman–Crippen LogP) is 6.05. The first kappa shape index (κ1) is 22.3. The molecule has 0 spiro atoms. The summed E-state index contributed by atoms with van der Waals surface area (Å²) in [5.74, 6) is -1.04. The molecule has 0 amide bonds. The number of aliphatic carboxylic acids is 1. The molecule has 3 nitrogen and oxygen atoms in total. The molecular formula is C24H28F3NO2. The topological polar surface area (TPSA) is 49.3 Å². The molecular weight excluding hydrogens is 391 g/mol. The molecule has 0 saturated carbocycles. The van der Waals surface area contributed by atoms with Gasteiger partial charge in [0, 0.05) is 6.54 Å². The fourth-order valence-corrected chi connectivity index (χ4v) is 4.12. The third-order valence-corrected chi connectivity index (χ3v) is 5.70. The van der Waals surface area contributed by atoms with Crippen LogP contribution < -0.4 is 5.32 Å². The molecule has 30 heavy (non-hydrogen) atoms. The van der Waals surface area contributed by atoms with Crippen molar-refractivity contribution in [2.75, 3.05) is 13.1 Å². The van der Waals surface area contributed by atoms with Crippen molar-refractivity contribution in [2.24, 2.45) is 5.92 Å². The Kier molecular flexibility index (Phi) is 6.86. The molecule has 1 unspecified atom stereocenters. The number of hydrogen-bond acceptors (Lipinski definition) is 2. The van der Waals surface area contributed by atoms with Gasteiger partial charge < -0.3 is 10.4 Å². The zero-order valence-electron chi connectivity index (χ0n) is 17.3. The van der Waals surface area contributed by atoms with Gasteiger partial charge in [-0.1, -0.05) is 44.2 Å². The molecule has 162 valence electrons. The lowest BCUT2D eigenvalue weighted by Gasteiger charge is -2.25.